The maximum absolute atomic E-state index is 11.1. The fourth-order valence-corrected chi connectivity index (χ4v) is 1.27. The molecule has 0 aliphatic carbocycles. The van der Waals surface area contributed by atoms with Crippen LogP contribution in [-0.2, 0) is 14.3 Å². The van der Waals surface area contributed by atoms with Crippen molar-refractivity contribution in [2.75, 3.05) is 26.9 Å². The van der Waals surface area contributed by atoms with Crippen molar-refractivity contribution >= 4 is 12.0 Å². The Balaban J connectivity index is 2.19. The van der Waals surface area contributed by atoms with Gasteiger partial charge in [-0.3, -0.25) is 4.79 Å². The standard InChI is InChI=1S/C8H14N2O4/c1-13-8(12)10-3-2-6(10)4-14-5-7(9)11/h6H,2-5H2,1H3,(H2,9,11). The molecule has 1 aliphatic heterocycles. The molecule has 1 saturated heterocycles. The number of primary amides is 1. The Labute approximate surface area is 81.9 Å². The second-order valence-electron chi connectivity index (χ2n) is 3.09. The van der Waals surface area contributed by atoms with Gasteiger partial charge in [-0.2, -0.15) is 0 Å². The topological polar surface area (TPSA) is 81.9 Å². The Kier molecular flexibility index (Phi) is 3.70. The van der Waals surface area contributed by atoms with E-state index < -0.39 is 5.91 Å². The molecule has 2 amide bonds. The van der Waals surface area contributed by atoms with Gasteiger partial charge in [-0.25, -0.2) is 4.79 Å². The third-order valence-electron chi connectivity index (χ3n) is 2.11. The van der Waals surface area contributed by atoms with Crippen molar-refractivity contribution in [3.05, 3.63) is 0 Å². The molecule has 6 nitrogen and oxygen atoms in total. The van der Waals surface area contributed by atoms with Gasteiger partial charge in [0.25, 0.3) is 0 Å². The lowest BCUT2D eigenvalue weighted by Gasteiger charge is -2.39. The molecule has 1 fully saturated rings. The summed E-state index contributed by atoms with van der Waals surface area (Å²) in [6.45, 7) is 0.904. The first kappa shape index (κ1) is 10.8. The van der Waals surface area contributed by atoms with Gasteiger partial charge in [0, 0.05) is 6.54 Å². The molecule has 1 aliphatic rings. The molecule has 1 atom stereocenters. The van der Waals surface area contributed by atoms with Crippen LogP contribution in [0.4, 0.5) is 4.79 Å². The fourth-order valence-electron chi connectivity index (χ4n) is 1.27. The first-order chi connectivity index (χ1) is 6.65. The molecule has 1 rings (SSSR count). The Morgan fingerprint density at radius 1 is 1.57 bits per heavy atom. The van der Waals surface area contributed by atoms with Crippen LogP contribution in [0.3, 0.4) is 0 Å². The third-order valence-corrected chi connectivity index (χ3v) is 2.11. The summed E-state index contributed by atoms with van der Waals surface area (Å²) in [5.74, 6) is -0.506. The van der Waals surface area contributed by atoms with Gasteiger partial charge in [0.15, 0.2) is 0 Å². The summed E-state index contributed by atoms with van der Waals surface area (Å²) >= 11 is 0. The van der Waals surface area contributed by atoms with E-state index in [4.69, 9.17) is 10.5 Å². The molecule has 1 unspecified atom stereocenters. The zero-order chi connectivity index (χ0) is 10.6. The Morgan fingerprint density at radius 2 is 2.29 bits per heavy atom. The van der Waals surface area contributed by atoms with Gasteiger partial charge in [0.05, 0.1) is 19.8 Å². The number of hydrogen-bond donors (Lipinski definition) is 1. The average Bonchev–Trinajstić information content (AvgIpc) is 2.09. The number of ether oxygens (including phenoxy) is 2. The highest BCUT2D eigenvalue weighted by atomic mass is 16.5. The highest BCUT2D eigenvalue weighted by Gasteiger charge is 2.32. The normalized spacial score (nSPS) is 20.1. The summed E-state index contributed by atoms with van der Waals surface area (Å²) in [6.07, 6.45) is 0.511. The number of likely N-dealkylation sites (tertiary alicyclic amines) is 1. The average molecular weight is 202 g/mol. The van der Waals surface area contributed by atoms with Crippen LogP contribution < -0.4 is 5.73 Å². The monoisotopic (exact) mass is 202 g/mol. The van der Waals surface area contributed by atoms with E-state index in [-0.39, 0.29) is 18.7 Å². The van der Waals surface area contributed by atoms with Crippen molar-refractivity contribution in [2.45, 2.75) is 12.5 Å². The summed E-state index contributed by atoms with van der Waals surface area (Å²) in [4.78, 5) is 23.0. The summed E-state index contributed by atoms with van der Waals surface area (Å²) in [6, 6.07) is 0.0156. The predicted molar refractivity (Wildman–Crippen MR) is 47.5 cm³/mol. The molecule has 6 heteroatoms. The quantitative estimate of drug-likeness (QED) is 0.655. The van der Waals surface area contributed by atoms with Crippen LogP contribution in [0.15, 0.2) is 0 Å². The fraction of sp³-hybridized carbons (Fsp3) is 0.750. The second kappa shape index (κ2) is 4.80. The molecule has 0 aromatic heterocycles. The SMILES string of the molecule is COC(=O)N1CCC1COCC(N)=O. The molecule has 14 heavy (non-hydrogen) atoms. The highest BCUT2D eigenvalue weighted by molar-refractivity contribution is 5.75. The smallest absolute Gasteiger partial charge is 0.409 e. The number of carbonyl (C=O) groups excluding carboxylic acids is 2. The van der Waals surface area contributed by atoms with Crippen molar-refractivity contribution in [3.63, 3.8) is 0 Å². The molecule has 0 aromatic carbocycles. The Bertz CT molecular complexity index is 231. The van der Waals surface area contributed by atoms with Crippen LogP contribution in [0.25, 0.3) is 0 Å². The molecule has 0 radical (unpaired) electrons. The van der Waals surface area contributed by atoms with Gasteiger partial charge < -0.3 is 20.1 Å². The van der Waals surface area contributed by atoms with E-state index in [9.17, 15) is 9.59 Å². The lowest BCUT2D eigenvalue weighted by molar-refractivity contribution is -0.123. The van der Waals surface area contributed by atoms with Crippen molar-refractivity contribution in [3.8, 4) is 0 Å². The number of hydrogen-bond acceptors (Lipinski definition) is 4. The molecular formula is C8H14N2O4. The number of carbonyl (C=O) groups is 2. The number of amides is 2. The van der Waals surface area contributed by atoms with Gasteiger partial charge in [0.1, 0.15) is 6.61 Å². The van der Waals surface area contributed by atoms with Crippen LogP contribution in [0, 0.1) is 0 Å². The number of rotatable bonds is 4. The van der Waals surface area contributed by atoms with Gasteiger partial charge in [-0.05, 0) is 6.42 Å². The molecule has 0 aromatic rings. The predicted octanol–water partition coefficient (Wildman–Crippen LogP) is -0.671. The lowest BCUT2D eigenvalue weighted by atomic mass is 10.1. The van der Waals surface area contributed by atoms with E-state index in [1.165, 1.54) is 7.11 Å². The minimum atomic E-state index is -0.506. The zero-order valence-electron chi connectivity index (χ0n) is 8.06. The Morgan fingerprint density at radius 3 is 2.71 bits per heavy atom. The summed E-state index contributed by atoms with van der Waals surface area (Å²) in [5, 5.41) is 0. The molecule has 0 saturated carbocycles. The minimum Gasteiger partial charge on any atom is -0.453 e. The van der Waals surface area contributed by atoms with Crippen LogP contribution in [-0.4, -0.2) is 49.8 Å². The van der Waals surface area contributed by atoms with Crippen molar-refractivity contribution in [2.24, 2.45) is 5.73 Å². The van der Waals surface area contributed by atoms with Crippen molar-refractivity contribution < 1.29 is 19.1 Å². The summed E-state index contributed by atoms with van der Waals surface area (Å²) < 4.78 is 9.55. The van der Waals surface area contributed by atoms with Crippen molar-refractivity contribution in [1.29, 1.82) is 0 Å². The van der Waals surface area contributed by atoms with E-state index in [1.54, 1.807) is 4.90 Å². The van der Waals surface area contributed by atoms with E-state index in [0.717, 1.165) is 6.42 Å². The van der Waals surface area contributed by atoms with Gasteiger partial charge >= 0.3 is 6.09 Å². The van der Waals surface area contributed by atoms with Gasteiger partial charge in [-0.1, -0.05) is 0 Å². The second-order valence-corrected chi connectivity index (χ2v) is 3.09. The van der Waals surface area contributed by atoms with Crippen LogP contribution in [0.1, 0.15) is 6.42 Å². The van der Waals surface area contributed by atoms with E-state index in [0.29, 0.717) is 13.2 Å². The largest absolute Gasteiger partial charge is 0.453 e. The molecule has 80 valence electrons. The number of methoxy groups -OCH3 is 1. The third kappa shape index (κ3) is 2.59. The number of nitrogens with zero attached hydrogens (tertiary/aromatic N) is 1. The zero-order valence-corrected chi connectivity index (χ0v) is 8.06. The summed E-state index contributed by atoms with van der Waals surface area (Å²) in [7, 11) is 1.34. The molecule has 1 heterocycles. The molecular weight excluding hydrogens is 188 g/mol. The van der Waals surface area contributed by atoms with Crippen LogP contribution in [0.5, 0.6) is 0 Å². The summed E-state index contributed by atoms with van der Waals surface area (Å²) in [5.41, 5.74) is 4.89. The number of nitrogens with two attached hydrogens (primary N) is 1. The first-order valence-electron chi connectivity index (χ1n) is 4.35. The van der Waals surface area contributed by atoms with E-state index in [2.05, 4.69) is 4.74 Å². The van der Waals surface area contributed by atoms with Gasteiger partial charge in [0.2, 0.25) is 5.91 Å². The molecule has 2 N–H and O–H groups in total. The molecule has 0 bridgehead atoms. The minimum absolute atomic E-state index is 0.0156. The molecule has 0 spiro atoms. The van der Waals surface area contributed by atoms with Crippen LogP contribution in [0.2, 0.25) is 0 Å². The van der Waals surface area contributed by atoms with Crippen molar-refractivity contribution in [1.82, 2.24) is 4.90 Å². The maximum atomic E-state index is 11.1. The first-order valence-corrected chi connectivity index (χ1v) is 4.35. The van der Waals surface area contributed by atoms with Gasteiger partial charge in [-0.15, -0.1) is 0 Å². The maximum Gasteiger partial charge on any atom is 0.409 e. The Hall–Kier alpha value is -1.30. The van der Waals surface area contributed by atoms with Crippen LogP contribution >= 0.6 is 0 Å². The van der Waals surface area contributed by atoms with E-state index in [1.807, 2.05) is 0 Å². The van der Waals surface area contributed by atoms with E-state index >= 15 is 0 Å². The highest BCUT2D eigenvalue weighted by Crippen LogP contribution is 2.18. The lowest BCUT2D eigenvalue weighted by Crippen LogP contribution is -2.53.